The van der Waals surface area contributed by atoms with E-state index in [1.807, 2.05) is 0 Å². The van der Waals surface area contributed by atoms with E-state index in [0.29, 0.717) is 5.92 Å². The van der Waals surface area contributed by atoms with Gasteiger partial charge in [0.1, 0.15) is 6.10 Å². The molecule has 2 nitrogen and oxygen atoms in total. The van der Waals surface area contributed by atoms with Crippen molar-refractivity contribution in [3.8, 4) is 0 Å². The molecular formula is C19H34O2. The van der Waals surface area contributed by atoms with E-state index < -0.39 is 0 Å². The van der Waals surface area contributed by atoms with E-state index in [1.165, 1.54) is 70.3 Å². The minimum atomic E-state index is -0.241. The van der Waals surface area contributed by atoms with E-state index in [2.05, 4.69) is 20.4 Å². The predicted octanol–water partition coefficient (Wildman–Crippen LogP) is 5.66. The maximum absolute atomic E-state index is 11.6. The number of carbonyl (C=O) groups excluding carboxylic acids is 1. The minimum Gasteiger partial charge on any atom is -0.459 e. The van der Waals surface area contributed by atoms with Gasteiger partial charge in [0, 0.05) is 6.08 Å². The van der Waals surface area contributed by atoms with Crippen molar-refractivity contribution in [2.45, 2.75) is 90.6 Å². The smallest absolute Gasteiger partial charge is 0.330 e. The van der Waals surface area contributed by atoms with E-state index >= 15 is 0 Å². The third-order valence-electron chi connectivity index (χ3n) is 4.87. The average molecular weight is 294 g/mol. The van der Waals surface area contributed by atoms with Crippen LogP contribution in [-0.2, 0) is 9.53 Å². The zero-order valence-corrected chi connectivity index (χ0v) is 14.1. The number of hydrogen-bond donors (Lipinski definition) is 0. The summed E-state index contributed by atoms with van der Waals surface area (Å²) in [6, 6.07) is 0. The van der Waals surface area contributed by atoms with E-state index in [1.54, 1.807) is 0 Å². The molecule has 0 aliphatic heterocycles. The van der Waals surface area contributed by atoms with Crippen LogP contribution in [0.4, 0.5) is 0 Å². The summed E-state index contributed by atoms with van der Waals surface area (Å²) in [5.74, 6) is 1.08. The van der Waals surface area contributed by atoms with Gasteiger partial charge in [-0.05, 0) is 37.5 Å². The van der Waals surface area contributed by atoms with Gasteiger partial charge in [0.25, 0.3) is 0 Å². The van der Waals surface area contributed by atoms with Crippen LogP contribution in [0.1, 0.15) is 84.5 Å². The van der Waals surface area contributed by atoms with Crippen LogP contribution in [0.3, 0.4) is 0 Å². The quantitative estimate of drug-likeness (QED) is 0.295. The molecule has 1 fully saturated rings. The molecule has 0 aromatic heterocycles. The Labute approximate surface area is 131 Å². The van der Waals surface area contributed by atoms with Crippen molar-refractivity contribution in [2.24, 2.45) is 11.8 Å². The largest absolute Gasteiger partial charge is 0.459 e. The molecule has 0 radical (unpaired) electrons. The SMILES string of the molecule is C=CC(=O)OC1CC(CCCCC)CCC1CCCCC. The topological polar surface area (TPSA) is 26.3 Å². The van der Waals surface area contributed by atoms with Crippen molar-refractivity contribution >= 4 is 5.97 Å². The molecule has 1 rings (SSSR count). The van der Waals surface area contributed by atoms with Crippen LogP contribution in [-0.4, -0.2) is 12.1 Å². The Hall–Kier alpha value is -0.790. The Morgan fingerprint density at radius 2 is 1.76 bits per heavy atom. The molecule has 3 atom stereocenters. The van der Waals surface area contributed by atoms with Crippen molar-refractivity contribution in [1.29, 1.82) is 0 Å². The Kier molecular flexibility index (Phi) is 9.45. The Morgan fingerprint density at radius 3 is 2.38 bits per heavy atom. The molecule has 122 valence electrons. The van der Waals surface area contributed by atoms with E-state index in [0.717, 1.165) is 12.3 Å². The van der Waals surface area contributed by atoms with Crippen LogP contribution in [0.25, 0.3) is 0 Å². The van der Waals surface area contributed by atoms with Gasteiger partial charge >= 0.3 is 5.97 Å². The third-order valence-corrected chi connectivity index (χ3v) is 4.87. The number of carbonyl (C=O) groups is 1. The fourth-order valence-electron chi connectivity index (χ4n) is 3.55. The van der Waals surface area contributed by atoms with Gasteiger partial charge in [0.15, 0.2) is 0 Å². The molecule has 0 bridgehead atoms. The fourth-order valence-corrected chi connectivity index (χ4v) is 3.55. The molecule has 2 heteroatoms. The molecule has 0 amide bonds. The van der Waals surface area contributed by atoms with Crippen molar-refractivity contribution in [1.82, 2.24) is 0 Å². The number of rotatable bonds is 10. The summed E-state index contributed by atoms with van der Waals surface area (Å²) in [5, 5.41) is 0. The van der Waals surface area contributed by atoms with Crippen LogP contribution in [0.15, 0.2) is 12.7 Å². The molecule has 0 N–H and O–H groups in total. The van der Waals surface area contributed by atoms with Gasteiger partial charge in [0.2, 0.25) is 0 Å². The predicted molar refractivity (Wildman–Crippen MR) is 89.2 cm³/mol. The van der Waals surface area contributed by atoms with Crippen LogP contribution in [0, 0.1) is 11.8 Å². The van der Waals surface area contributed by atoms with Gasteiger partial charge in [-0.25, -0.2) is 4.79 Å². The van der Waals surface area contributed by atoms with Gasteiger partial charge in [0.05, 0.1) is 0 Å². The van der Waals surface area contributed by atoms with Crippen LogP contribution in [0.2, 0.25) is 0 Å². The molecular weight excluding hydrogens is 260 g/mol. The third kappa shape index (κ3) is 7.15. The van der Waals surface area contributed by atoms with Gasteiger partial charge < -0.3 is 4.74 Å². The van der Waals surface area contributed by atoms with Crippen LogP contribution in [0.5, 0.6) is 0 Å². The van der Waals surface area contributed by atoms with Crippen molar-refractivity contribution in [3.63, 3.8) is 0 Å². The highest BCUT2D eigenvalue weighted by Crippen LogP contribution is 2.36. The Morgan fingerprint density at radius 1 is 1.10 bits per heavy atom. The molecule has 1 aliphatic rings. The van der Waals surface area contributed by atoms with Gasteiger partial charge in [-0.1, -0.05) is 65.4 Å². The molecule has 0 spiro atoms. The van der Waals surface area contributed by atoms with Crippen LogP contribution < -0.4 is 0 Å². The standard InChI is InChI=1S/C19H34O2/c1-4-7-9-11-16-13-14-17(12-10-8-5-2)18(15-16)21-19(20)6-3/h6,16-18H,3-5,7-15H2,1-2H3. The second-order valence-electron chi connectivity index (χ2n) is 6.61. The van der Waals surface area contributed by atoms with Gasteiger partial charge in [-0.15, -0.1) is 0 Å². The summed E-state index contributed by atoms with van der Waals surface area (Å²) >= 11 is 0. The van der Waals surface area contributed by atoms with Gasteiger partial charge in [-0.2, -0.15) is 0 Å². The van der Waals surface area contributed by atoms with E-state index in [9.17, 15) is 4.79 Å². The van der Waals surface area contributed by atoms with Crippen molar-refractivity contribution < 1.29 is 9.53 Å². The van der Waals surface area contributed by atoms with E-state index in [-0.39, 0.29) is 12.1 Å². The highest BCUT2D eigenvalue weighted by atomic mass is 16.5. The summed E-state index contributed by atoms with van der Waals surface area (Å²) in [6.45, 7) is 8.02. The first-order chi connectivity index (χ1) is 10.2. The van der Waals surface area contributed by atoms with Gasteiger partial charge in [-0.3, -0.25) is 0 Å². The lowest BCUT2D eigenvalue weighted by atomic mass is 9.76. The fraction of sp³-hybridized carbons (Fsp3) is 0.842. The first-order valence-corrected chi connectivity index (χ1v) is 9.04. The van der Waals surface area contributed by atoms with Crippen molar-refractivity contribution in [2.75, 3.05) is 0 Å². The molecule has 0 aromatic carbocycles. The molecule has 0 heterocycles. The second-order valence-corrected chi connectivity index (χ2v) is 6.61. The lowest BCUT2D eigenvalue weighted by Gasteiger charge is -2.35. The number of esters is 1. The second kappa shape index (κ2) is 10.9. The highest BCUT2D eigenvalue weighted by molar-refractivity contribution is 5.81. The normalized spacial score (nSPS) is 25.5. The first kappa shape index (κ1) is 18.3. The summed E-state index contributed by atoms with van der Waals surface area (Å²) in [4.78, 5) is 11.6. The van der Waals surface area contributed by atoms with Crippen LogP contribution >= 0.6 is 0 Å². The summed E-state index contributed by atoms with van der Waals surface area (Å²) in [6.07, 6.45) is 15.3. The lowest BCUT2D eigenvalue weighted by molar-refractivity contribution is -0.148. The summed E-state index contributed by atoms with van der Waals surface area (Å²) in [5.41, 5.74) is 0. The average Bonchev–Trinajstić information content (AvgIpc) is 2.49. The highest BCUT2D eigenvalue weighted by Gasteiger charge is 2.32. The minimum absolute atomic E-state index is 0.132. The first-order valence-electron chi connectivity index (χ1n) is 9.04. The lowest BCUT2D eigenvalue weighted by Crippen LogP contribution is -2.33. The molecule has 1 saturated carbocycles. The molecule has 0 saturated heterocycles. The van der Waals surface area contributed by atoms with Crippen molar-refractivity contribution in [3.05, 3.63) is 12.7 Å². The Balaban J connectivity index is 2.47. The Bertz CT molecular complexity index is 298. The molecule has 21 heavy (non-hydrogen) atoms. The number of hydrogen-bond acceptors (Lipinski definition) is 2. The maximum atomic E-state index is 11.6. The number of ether oxygens (including phenoxy) is 1. The molecule has 3 unspecified atom stereocenters. The molecule has 0 aromatic rings. The number of unbranched alkanes of at least 4 members (excludes halogenated alkanes) is 4. The zero-order chi connectivity index (χ0) is 15.5. The van der Waals surface area contributed by atoms with E-state index in [4.69, 9.17) is 4.74 Å². The monoisotopic (exact) mass is 294 g/mol. The summed E-state index contributed by atoms with van der Waals surface area (Å²) in [7, 11) is 0. The zero-order valence-electron chi connectivity index (χ0n) is 14.1. The maximum Gasteiger partial charge on any atom is 0.330 e. The summed E-state index contributed by atoms with van der Waals surface area (Å²) < 4.78 is 5.66. The molecule has 1 aliphatic carbocycles.